The van der Waals surface area contributed by atoms with Crippen molar-refractivity contribution in [2.24, 2.45) is 0 Å². The predicted octanol–water partition coefficient (Wildman–Crippen LogP) is 2.67. The van der Waals surface area contributed by atoms with Gasteiger partial charge >= 0.3 is 6.09 Å². The highest BCUT2D eigenvalue weighted by Crippen LogP contribution is 2.01. The monoisotopic (exact) mass is 249 g/mol. The largest absolute Gasteiger partial charge is 0.445 e. The highest BCUT2D eigenvalue weighted by Gasteiger charge is 2.15. The number of alkyl carbamates (subject to hydrolysis) is 1. The molecule has 1 amide bonds. The number of rotatable bonds is 6. The van der Waals surface area contributed by atoms with Crippen LogP contribution in [0.15, 0.2) is 30.3 Å². The van der Waals surface area contributed by atoms with E-state index in [2.05, 4.69) is 5.32 Å². The molecule has 0 spiro atoms. The second-order valence-corrected chi connectivity index (χ2v) is 4.14. The zero-order valence-electron chi connectivity index (χ0n) is 10.8. The fraction of sp³-hybridized carbons (Fsp3) is 0.429. The number of carbonyl (C=O) groups excluding carboxylic acids is 2. The Labute approximate surface area is 107 Å². The number of nitrogens with one attached hydrogen (secondary N) is 1. The van der Waals surface area contributed by atoms with Gasteiger partial charge in [-0.2, -0.15) is 0 Å². The third kappa shape index (κ3) is 4.99. The smallest absolute Gasteiger partial charge is 0.408 e. The molecule has 98 valence electrons. The van der Waals surface area contributed by atoms with E-state index in [0.717, 1.165) is 12.0 Å². The molecule has 0 radical (unpaired) electrons. The Balaban J connectivity index is 2.31. The molecule has 0 aliphatic carbocycles. The SMILES string of the molecule is CCCC(=O)C(C)NC(=O)OCc1ccccc1. The summed E-state index contributed by atoms with van der Waals surface area (Å²) in [5, 5.41) is 2.52. The maximum atomic E-state index is 11.5. The van der Waals surface area contributed by atoms with Gasteiger partial charge in [0.05, 0.1) is 6.04 Å². The first-order valence-corrected chi connectivity index (χ1v) is 6.13. The van der Waals surface area contributed by atoms with E-state index in [-0.39, 0.29) is 12.4 Å². The standard InChI is InChI=1S/C14H19NO3/c1-3-7-13(16)11(2)15-14(17)18-10-12-8-5-4-6-9-12/h4-6,8-9,11H,3,7,10H2,1-2H3,(H,15,17). The lowest BCUT2D eigenvalue weighted by atomic mass is 10.1. The van der Waals surface area contributed by atoms with E-state index in [0.29, 0.717) is 6.42 Å². The minimum absolute atomic E-state index is 0.0224. The van der Waals surface area contributed by atoms with Crippen molar-refractivity contribution in [1.29, 1.82) is 0 Å². The summed E-state index contributed by atoms with van der Waals surface area (Å²) in [7, 11) is 0. The first-order valence-electron chi connectivity index (χ1n) is 6.13. The molecule has 0 aliphatic heterocycles. The Morgan fingerprint density at radius 3 is 2.56 bits per heavy atom. The Morgan fingerprint density at radius 1 is 1.28 bits per heavy atom. The van der Waals surface area contributed by atoms with E-state index in [1.54, 1.807) is 6.92 Å². The molecule has 1 atom stereocenters. The summed E-state index contributed by atoms with van der Waals surface area (Å²) < 4.78 is 5.02. The topological polar surface area (TPSA) is 55.4 Å². The number of ether oxygens (including phenoxy) is 1. The fourth-order valence-electron chi connectivity index (χ4n) is 1.48. The van der Waals surface area contributed by atoms with Crippen LogP contribution in [0.1, 0.15) is 32.3 Å². The lowest BCUT2D eigenvalue weighted by Crippen LogP contribution is -2.38. The Bertz CT molecular complexity index is 389. The molecule has 0 saturated carbocycles. The second kappa shape index (κ2) is 7.48. The lowest BCUT2D eigenvalue weighted by molar-refractivity contribution is -0.120. The van der Waals surface area contributed by atoms with Gasteiger partial charge in [0.1, 0.15) is 6.61 Å². The fourth-order valence-corrected chi connectivity index (χ4v) is 1.48. The van der Waals surface area contributed by atoms with Crippen LogP contribution in [0.25, 0.3) is 0 Å². The molecule has 0 aliphatic rings. The third-order valence-corrected chi connectivity index (χ3v) is 2.53. The molecular formula is C14H19NO3. The highest BCUT2D eigenvalue weighted by molar-refractivity contribution is 5.86. The van der Waals surface area contributed by atoms with Crippen molar-refractivity contribution in [3.8, 4) is 0 Å². The van der Waals surface area contributed by atoms with Crippen LogP contribution in [0, 0.1) is 0 Å². The van der Waals surface area contributed by atoms with Gasteiger partial charge in [-0.25, -0.2) is 4.79 Å². The maximum absolute atomic E-state index is 11.5. The van der Waals surface area contributed by atoms with Crippen molar-refractivity contribution in [2.75, 3.05) is 0 Å². The summed E-state index contributed by atoms with van der Waals surface area (Å²) in [6.07, 6.45) is 0.695. The molecule has 0 aromatic heterocycles. The van der Waals surface area contributed by atoms with E-state index in [4.69, 9.17) is 4.74 Å². The normalized spacial score (nSPS) is 11.7. The van der Waals surface area contributed by atoms with Crippen LogP contribution in [0.4, 0.5) is 4.79 Å². The van der Waals surface area contributed by atoms with Crippen LogP contribution in [0.3, 0.4) is 0 Å². The van der Waals surface area contributed by atoms with Gasteiger partial charge in [0.15, 0.2) is 5.78 Å². The van der Waals surface area contributed by atoms with Gasteiger partial charge in [-0.15, -0.1) is 0 Å². The molecule has 1 rings (SSSR count). The molecule has 18 heavy (non-hydrogen) atoms. The number of benzene rings is 1. The van der Waals surface area contributed by atoms with Gasteiger partial charge in [-0.05, 0) is 18.9 Å². The molecule has 1 aromatic carbocycles. The first kappa shape index (κ1) is 14.2. The Morgan fingerprint density at radius 2 is 1.94 bits per heavy atom. The predicted molar refractivity (Wildman–Crippen MR) is 69.1 cm³/mol. The molecular weight excluding hydrogens is 230 g/mol. The van der Waals surface area contributed by atoms with E-state index < -0.39 is 12.1 Å². The van der Waals surface area contributed by atoms with E-state index in [1.807, 2.05) is 37.3 Å². The van der Waals surface area contributed by atoms with E-state index >= 15 is 0 Å². The van der Waals surface area contributed by atoms with Gasteiger partial charge in [0.25, 0.3) is 0 Å². The van der Waals surface area contributed by atoms with Gasteiger partial charge in [-0.3, -0.25) is 4.79 Å². The first-order chi connectivity index (χ1) is 8.63. The summed E-state index contributed by atoms with van der Waals surface area (Å²) in [4.78, 5) is 22.9. The second-order valence-electron chi connectivity index (χ2n) is 4.14. The molecule has 0 fully saturated rings. The van der Waals surface area contributed by atoms with Gasteiger partial charge < -0.3 is 10.1 Å². The number of hydrogen-bond acceptors (Lipinski definition) is 3. The summed E-state index contributed by atoms with van der Waals surface area (Å²) in [6, 6.07) is 8.91. The van der Waals surface area contributed by atoms with Crippen molar-refractivity contribution in [1.82, 2.24) is 5.32 Å². The molecule has 1 N–H and O–H groups in total. The average molecular weight is 249 g/mol. The Kier molecular flexibility index (Phi) is 5.91. The van der Waals surface area contributed by atoms with Gasteiger partial charge in [0.2, 0.25) is 0 Å². The zero-order chi connectivity index (χ0) is 13.4. The van der Waals surface area contributed by atoms with Crippen molar-refractivity contribution >= 4 is 11.9 Å². The Hall–Kier alpha value is -1.84. The van der Waals surface area contributed by atoms with Crippen LogP contribution in [-0.4, -0.2) is 17.9 Å². The zero-order valence-corrected chi connectivity index (χ0v) is 10.8. The van der Waals surface area contributed by atoms with Crippen LogP contribution in [0.5, 0.6) is 0 Å². The van der Waals surface area contributed by atoms with Gasteiger partial charge in [-0.1, -0.05) is 37.3 Å². The van der Waals surface area contributed by atoms with Crippen molar-refractivity contribution in [3.05, 3.63) is 35.9 Å². The quantitative estimate of drug-likeness (QED) is 0.843. The van der Waals surface area contributed by atoms with E-state index in [1.165, 1.54) is 0 Å². The summed E-state index contributed by atoms with van der Waals surface area (Å²) in [5.74, 6) is 0.0224. The molecule has 1 aromatic rings. The molecule has 4 heteroatoms. The van der Waals surface area contributed by atoms with Crippen molar-refractivity contribution < 1.29 is 14.3 Å². The highest BCUT2D eigenvalue weighted by atomic mass is 16.5. The number of amides is 1. The number of carbonyl (C=O) groups is 2. The summed E-state index contributed by atoms with van der Waals surface area (Å²) in [5.41, 5.74) is 0.917. The molecule has 1 unspecified atom stereocenters. The van der Waals surface area contributed by atoms with Crippen molar-refractivity contribution in [2.45, 2.75) is 39.3 Å². The maximum Gasteiger partial charge on any atom is 0.408 e. The molecule has 0 bridgehead atoms. The average Bonchev–Trinajstić information content (AvgIpc) is 2.38. The molecule has 0 saturated heterocycles. The minimum atomic E-state index is -0.559. The summed E-state index contributed by atoms with van der Waals surface area (Å²) >= 11 is 0. The van der Waals surface area contributed by atoms with Crippen LogP contribution in [-0.2, 0) is 16.1 Å². The minimum Gasteiger partial charge on any atom is -0.445 e. The molecule has 0 heterocycles. The van der Waals surface area contributed by atoms with Crippen LogP contribution < -0.4 is 5.32 Å². The number of hydrogen-bond donors (Lipinski definition) is 1. The van der Waals surface area contributed by atoms with Crippen molar-refractivity contribution in [3.63, 3.8) is 0 Å². The number of Topliss-reactive ketones (excluding diaryl/α,β-unsaturated/α-hetero) is 1. The number of ketones is 1. The summed E-state index contributed by atoms with van der Waals surface area (Å²) in [6.45, 7) is 3.81. The lowest BCUT2D eigenvalue weighted by Gasteiger charge is -2.12. The molecule has 4 nitrogen and oxygen atoms in total. The van der Waals surface area contributed by atoms with E-state index in [9.17, 15) is 9.59 Å². The third-order valence-electron chi connectivity index (χ3n) is 2.53. The van der Waals surface area contributed by atoms with Gasteiger partial charge in [0, 0.05) is 6.42 Å². The van der Waals surface area contributed by atoms with Crippen LogP contribution in [0.2, 0.25) is 0 Å². The van der Waals surface area contributed by atoms with Crippen LogP contribution >= 0.6 is 0 Å².